The van der Waals surface area contributed by atoms with E-state index in [-0.39, 0.29) is 18.5 Å². The van der Waals surface area contributed by atoms with Crippen molar-refractivity contribution in [3.63, 3.8) is 0 Å². The molecule has 3 atom stereocenters. The van der Waals surface area contributed by atoms with Crippen molar-refractivity contribution in [2.75, 3.05) is 6.54 Å². The average molecular weight is 371 g/mol. The summed E-state index contributed by atoms with van der Waals surface area (Å²) in [6, 6.07) is 7.26. The Morgan fingerprint density at radius 1 is 1.11 bits per heavy atom. The maximum atomic E-state index is 12.6. The number of nitrogens with zero attached hydrogens (tertiary/aromatic N) is 1. The number of amides is 1. The van der Waals surface area contributed by atoms with E-state index >= 15 is 0 Å². The normalized spacial score (nSPS) is 25.1. The number of H-pyrrole nitrogens is 1. The molecule has 1 aliphatic carbocycles. The summed E-state index contributed by atoms with van der Waals surface area (Å²) in [5, 5.41) is 2.92. The predicted octanol–water partition coefficient (Wildman–Crippen LogP) is 0.231. The molecule has 144 valence electrons. The van der Waals surface area contributed by atoms with Gasteiger partial charge in [-0.05, 0) is 25.0 Å². The number of nitrogens with one attached hydrogen (secondary N) is 4. The molecule has 0 bridgehead atoms. The first-order valence-corrected chi connectivity index (χ1v) is 9.66. The second-order valence-corrected chi connectivity index (χ2v) is 7.39. The number of carbonyl (C=O) groups is 1. The summed E-state index contributed by atoms with van der Waals surface area (Å²) in [5.74, 6) is 0.245. The Kier molecular flexibility index (Phi) is 5.09. The van der Waals surface area contributed by atoms with E-state index in [1.165, 1.54) is 17.4 Å². The second kappa shape index (κ2) is 7.66. The van der Waals surface area contributed by atoms with Crippen LogP contribution in [0.3, 0.4) is 0 Å². The van der Waals surface area contributed by atoms with Crippen molar-refractivity contribution >= 4 is 16.9 Å². The largest absolute Gasteiger partial charge is 0.353 e. The van der Waals surface area contributed by atoms with Crippen LogP contribution in [0.25, 0.3) is 11.0 Å². The van der Waals surface area contributed by atoms with Crippen LogP contribution in [0.5, 0.6) is 0 Å². The number of hydrazine groups is 1. The van der Waals surface area contributed by atoms with E-state index in [2.05, 4.69) is 21.2 Å². The molecule has 8 heteroatoms. The molecule has 1 saturated heterocycles. The maximum Gasteiger partial charge on any atom is 0.316 e. The second-order valence-electron chi connectivity index (χ2n) is 7.39. The Hall–Kier alpha value is -2.45. The van der Waals surface area contributed by atoms with Gasteiger partial charge in [0.15, 0.2) is 0 Å². The number of para-hydroxylation sites is 2. The van der Waals surface area contributed by atoms with Gasteiger partial charge in [-0.3, -0.25) is 19.8 Å². The molecular weight excluding hydrogens is 346 g/mol. The highest BCUT2D eigenvalue weighted by molar-refractivity contribution is 5.82. The highest BCUT2D eigenvalue weighted by Crippen LogP contribution is 2.29. The Bertz CT molecular complexity index is 950. The first-order chi connectivity index (χ1) is 13.1. The zero-order chi connectivity index (χ0) is 18.8. The van der Waals surface area contributed by atoms with Crippen molar-refractivity contribution in [1.29, 1.82) is 0 Å². The summed E-state index contributed by atoms with van der Waals surface area (Å²) in [4.78, 5) is 39.3. The van der Waals surface area contributed by atoms with Crippen LogP contribution in [0, 0.1) is 5.92 Å². The third-order valence-electron chi connectivity index (χ3n) is 5.72. The Morgan fingerprint density at radius 3 is 2.81 bits per heavy atom. The van der Waals surface area contributed by atoms with Gasteiger partial charge in [0.05, 0.1) is 11.0 Å². The van der Waals surface area contributed by atoms with Gasteiger partial charge in [-0.15, -0.1) is 0 Å². The molecule has 8 nitrogen and oxygen atoms in total. The molecule has 1 aromatic heterocycles. The molecule has 1 saturated carbocycles. The minimum absolute atomic E-state index is 0.0564. The number of hydrogen-bond acceptors (Lipinski definition) is 5. The van der Waals surface area contributed by atoms with Crippen molar-refractivity contribution in [1.82, 2.24) is 25.7 Å². The molecule has 0 spiro atoms. The third-order valence-corrected chi connectivity index (χ3v) is 5.72. The number of rotatable bonds is 4. The topological polar surface area (TPSA) is 108 Å². The van der Waals surface area contributed by atoms with Crippen molar-refractivity contribution in [2.24, 2.45) is 5.92 Å². The smallest absolute Gasteiger partial charge is 0.316 e. The predicted molar refractivity (Wildman–Crippen MR) is 102 cm³/mol. The molecule has 1 aromatic carbocycles. The summed E-state index contributed by atoms with van der Waals surface area (Å²) in [6.45, 7) is 0.547. The third kappa shape index (κ3) is 3.54. The van der Waals surface area contributed by atoms with E-state index in [9.17, 15) is 14.4 Å². The molecule has 4 rings (SSSR count). The lowest BCUT2D eigenvalue weighted by Crippen LogP contribution is -2.47. The molecule has 2 heterocycles. The van der Waals surface area contributed by atoms with Gasteiger partial charge < -0.3 is 14.9 Å². The Morgan fingerprint density at radius 2 is 1.93 bits per heavy atom. The molecule has 4 N–H and O–H groups in total. The minimum atomic E-state index is -0.650. The van der Waals surface area contributed by atoms with Crippen molar-refractivity contribution in [2.45, 2.75) is 50.7 Å². The summed E-state index contributed by atoms with van der Waals surface area (Å²) >= 11 is 0. The number of aromatic amines is 1. The molecule has 2 fully saturated rings. The molecule has 1 amide bonds. The van der Waals surface area contributed by atoms with E-state index in [1.54, 1.807) is 18.2 Å². The number of hydrogen-bond donors (Lipinski definition) is 4. The molecular formula is C19H25N5O3. The fourth-order valence-corrected chi connectivity index (χ4v) is 4.32. The molecule has 2 aromatic rings. The Balaban J connectivity index is 1.44. The van der Waals surface area contributed by atoms with E-state index in [0.717, 1.165) is 19.3 Å². The van der Waals surface area contributed by atoms with Crippen LogP contribution in [0.15, 0.2) is 33.9 Å². The SMILES string of the molecule is O=C(NCCn1c(=O)c(=O)[nH]c2ccccc21)C1NNC2CCCCCC21. The molecule has 3 unspecified atom stereocenters. The van der Waals surface area contributed by atoms with E-state index in [1.807, 2.05) is 6.07 Å². The van der Waals surface area contributed by atoms with Crippen LogP contribution >= 0.6 is 0 Å². The number of benzene rings is 1. The van der Waals surface area contributed by atoms with Crippen LogP contribution in [0.1, 0.15) is 32.1 Å². The lowest BCUT2D eigenvalue weighted by molar-refractivity contribution is -0.123. The first-order valence-electron chi connectivity index (χ1n) is 9.66. The highest BCUT2D eigenvalue weighted by Gasteiger charge is 2.39. The van der Waals surface area contributed by atoms with Crippen LogP contribution in [0.4, 0.5) is 0 Å². The average Bonchev–Trinajstić information content (AvgIpc) is 2.93. The molecule has 2 aliphatic rings. The van der Waals surface area contributed by atoms with Gasteiger partial charge in [0.25, 0.3) is 0 Å². The number of fused-ring (bicyclic) bond motifs is 2. The van der Waals surface area contributed by atoms with Crippen LogP contribution in [-0.2, 0) is 11.3 Å². The van der Waals surface area contributed by atoms with Crippen molar-refractivity contribution < 1.29 is 4.79 Å². The molecule has 1 aliphatic heterocycles. The summed E-state index contributed by atoms with van der Waals surface area (Å²) in [7, 11) is 0. The highest BCUT2D eigenvalue weighted by atomic mass is 16.2. The van der Waals surface area contributed by atoms with Crippen LogP contribution in [-0.4, -0.2) is 34.1 Å². The molecule has 27 heavy (non-hydrogen) atoms. The monoisotopic (exact) mass is 371 g/mol. The number of aromatic nitrogens is 2. The fourth-order valence-electron chi connectivity index (χ4n) is 4.32. The van der Waals surface area contributed by atoms with Crippen LogP contribution in [0.2, 0.25) is 0 Å². The van der Waals surface area contributed by atoms with Gasteiger partial charge >= 0.3 is 11.1 Å². The van der Waals surface area contributed by atoms with Gasteiger partial charge in [-0.25, -0.2) is 5.43 Å². The van der Waals surface area contributed by atoms with E-state index in [4.69, 9.17) is 0 Å². The lowest BCUT2D eigenvalue weighted by Gasteiger charge is -2.20. The Labute approximate surface area is 156 Å². The number of carbonyl (C=O) groups excluding carboxylic acids is 1. The van der Waals surface area contributed by atoms with Crippen molar-refractivity contribution in [3.8, 4) is 0 Å². The summed E-state index contributed by atoms with van der Waals surface area (Å²) in [5.41, 5.74) is 6.41. The lowest BCUT2D eigenvalue weighted by atomic mass is 9.90. The van der Waals surface area contributed by atoms with Gasteiger partial charge in [0.1, 0.15) is 6.04 Å². The summed E-state index contributed by atoms with van der Waals surface area (Å²) < 4.78 is 1.42. The molecule has 0 radical (unpaired) electrons. The van der Waals surface area contributed by atoms with Gasteiger partial charge in [-0.2, -0.15) is 0 Å². The van der Waals surface area contributed by atoms with Gasteiger partial charge in [0.2, 0.25) is 5.91 Å². The fraction of sp³-hybridized carbons (Fsp3) is 0.526. The standard InChI is InChI=1S/C19H25N5O3/c25-17(16-12-6-2-1-3-7-13(12)22-23-16)20-10-11-24-15-9-5-4-8-14(15)21-18(26)19(24)27/h4-5,8-9,12-13,16,22-23H,1-3,6-7,10-11H2,(H,20,25)(H,21,26). The van der Waals surface area contributed by atoms with Gasteiger partial charge in [0, 0.05) is 25.0 Å². The van der Waals surface area contributed by atoms with Gasteiger partial charge in [-0.1, -0.05) is 31.4 Å². The quantitative estimate of drug-likeness (QED) is 0.576. The maximum absolute atomic E-state index is 12.6. The van der Waals surface area contributed by atoms with Crippen molar-refractivity contribution in [3.05, 3.63) is 45.0 Å². The first kappa shape index (κ1) is 17.9. The van der Waals surface area contributed by atoms with E-state index < -0.39 is 11.1 Å². The summed E-state index contributed by atoms with van der Waals surface area (Å²) in [6.07, 6.45) is 5.71. The zero-order valence-corrected chi connectivity index (χ0v) is 15.2. The zero-order valence-electron chi connectivity index (χ0n) is 15.2. The minimum Gasteiger partial charge on any atom is -0.353 e. The van der Waals surface area contributed by atoms with E-state index in [0.29, 0.717) is 29.5 Å². The van der Waals surface area contributed by atoms with Crippen LogP contribution < -0.4 is 27.3 Å².